The van der Waals surface area contributed by atoms with Crippen LogP contribution in [0.3, 0.4) is 0 Å². The van der Waals surface area contributed by atoms with Crippen molar-refractivity contribution >= 4 is 22.8 Å². The number of benzene rings is 2. The van der Waals surface area contributed by atoms with Gasteiger partial charge in [-0.1, -0.05) is 24.3 Å². The zero-order valence-electron chi connectivity index (χ0n) is 16.2. The van der Waals surface area contributed by atoms with Gasteiger partial charge in [-0.05, 0) is 29.8 Å². The molecule has 0 amide bonds. The van der Waals surface area contributed by atoms with Crippen LogP contribution in [0.1, 0.15) is 17.2 Å². The molecule has 1 atom stereocenters. The predicted octanol–water partition coefficient (Wildman–Crippen LogP) is 2.53. The number of carbonyl (C=O) groups excluding carboxylic acids is 1. The lowest BCUT2D eigenvalue weighted by Gasteiger charge is -2.30. The van der Waals surface area contributed by atoms with Crippen LogP contribution in [0.4, 0.5) is 10.2 Å². The van der Waals surface area contributed by atoms with E-state index in [4.69, 9.17) is 9.72 Å². The number of nitrogens with zero attached hydrogens (tertiary/aromatic N) is 4. The Labute approximate surface area is 173 Å². The minimum absolute atomic E-state index is 0.0543. The molecule has 1 unspecified atom stereocenters. The predicted molar refractivity (Wildman–Crippen MR) is 109 cm³/mol. The summed E-state index contributed by atoms with van der Waals surface area (Å²) in [5, 5.41) is 13.1. The molecule has 1 aromatic heterocycles. The summed E-state index contributed by atoms with van der Waals surface area (Å²) in [6.45, 7) is 2.90. The highest BCUT2D eigenvalue weighted by atomic mass is 19.1. The summed E-state index contributed by atoms with van der Waals surface area (Å²) in [6.07, 6.45) is 0. The van der Waals surface area contributed by atoms with Crippen molar-refractivity contribution in [2.24, 2.45) is 0 Å². The highest BCUT2D eigenvalue weighted by molar-refractivity contribution is 5.85. The third kappa shape index (κ3) is 4.21. The number of fused-ring (bicyclic) bond motifs is 1. The molecule has 1 fully saturated rings. The van der Waals surface area contributed by atoms with Crippen LogP contribution in [0, 0.1) is 17.1 Å². The molecule has 2 aromatic carbocycles. The Balaban J connectivity index is 1.64. The maximum atomic E-state index is 13.1. The van der Waals surface area contributed by atoms with Crippen LogP contribution in [0.2, 0.25) is 0 Å². The fourth-order valence-corrected chi connectivity index (χ4v) is 3.35. The maximum absolute atomic E-state index is 13.1. The number of para-hydroxylation sites is 2. The number of hydrogen-bond acceptors (Lipinski definition) is 7. The first-order valence-electron chi connectivity index (χ1n) is 9.69. The lowest BCUT2D eigenvalue weighted by Crippen LogP contribution is -2.44. The Morgan fingerprint density at radius 1 is 1.13 bits per heavy atom. The molecule has 1 aliphatic rings. The molecule has 3 aromatic rings. The minimum atomic E-state index is -1.22. The van der Waals surface area contributed by atoms with Crippen molar-refractivity contribution in [3.8, 4) is 6.07 Å². The number of esters is 1. The summed E-state index contributed by atoms with van der Waals surface area (Å²) in [4.78, 5) is 24.1. The number of rotatable bonds is 5. The van der Waals surface area contributed by atoms with Crippen molar-refractivity contribution in [1.82, 2.24) is 15.3 Å². The largest absolute Gasteiger partial charge is 0.460 e. The molecule has 0 saturated carbocycles. The van der Waals surface area contributed by atoms with Crippen molar-refractivity contribution in [3.63, 3.8) is 0 Å². The first kappa shape index (κ1) is 19.7. The number of carbonyl (C=O) groups is 1. The fraction of sp³-hybridized carbons (Fsp3) is 0.273. The second-order valence-electron chi connectivity index (χ2n) is 6.95. The first-order valence-corrected chi connectivity index (χ1v) is 9.69. The Morgan fingerprint density at radius 3 is 2.47 bits per heavy atom. The molecular formula is C22H20FN5O2. The average molecular weight is 405 g/mol. The maximum Gasteiger partial charge on any atom is 0.330 e. The van der Waals surface area contributed by atoms with Crippen molar-refractivity contribution in [2.75, 3.05) is 31.1 Å². The SMILES string of the molecule is N#CC(C(=O)OCc1ccc(F)cc1)c1nc2ccccc2nc1N1CCNCC1. The van der Waals surface area contributed by atoms with Gasteiger partial charge in [0.1, 0.15) is 18.1 Å². The molecule has 0 radical (unpaired) electrons. The Morgan fingerprint density at radius 2 is 1.80 bits per heavy atom. The third-order valence-corrected chi connectivity index (χ3v) is 4.93. The summed E-state index contributed by atoms with van der Waals surface area (Å²) in [5.41, 5.74) is 2.24. The monoisotopic (exact) mass is 405 g/mol. The van der Waals surface area contributed by atoms with Gasteiger partial charge in [0.15, 0.2) is 11.7 Å². The van der Waals surface area contributed by atoms with Crippen molar-refractivity contribution in [1.29, 1.82) is 5.26 Å². The Bertz CT molecular complexity index is 1090. The van der Waals surface area contributed by atoms with Crippen LogP contribution < -0.4 is 10.2 Å². The molecule has 1 N–H and O–H groups in total. The zero-order valence-corrected chi connectivity index (χ0v) is 16.2. The second kappa shape index (κ2) is 8.84. The number of anilines is 1. The zero-order chi connectivity index (χ0) is 20.9. The van der Waals surface area contributed by atoms with Gasteiger partial charge in [-0.3, -0.25) is 4.79 Å². The number of hydrogen-bond donors (Lipinski definition) is 1. The van der Waals surface area contributed by atoms with Gasteiger partial charge >= 0.3 is 5.97 Å². The third-order valence-electron chi connectivity index (χ3n) is 4.93. The van der Waals surface area contributed by atoms with E-state index in [9.17, 15) is 14.4 Å². The number of aromatic nitrogens is 2. The number of nitrogens with one attached hydrogen (secondary N) is 1. The van der Waals surface area contributed by atoms with E-state index in [1.54, 1.807) is 6.07 Å². The van der Waals surface area contributed by atoms with E-state index in [1.807, 2.05) is 29.2 Å². The summed E-state index contributed by atoms with van der Waals surface area (Å²) in [6, 6.07) is 15.0. The normalized spacial score (nSPS) is 14.9. The van der Waals surface area contributed by atoms with Gasteiger partial charge in [-0.2, -0.15) is 5.26 Å². The van der Waals surface area contributed by atoms with Crippen LogP contribution in [0.25, 0.3) is 11.0 Å². The molecule has 1 aliphatic heterocycles. The van der Waals surface area contributed by atoms with E-state index in [2.05, 4.69) is 10.3 Å². The van der Waals surface area contributed by atoms with Crippen LogP contribution in [-0.2, 0) is 16.1 Å². The number of halogens is 1. The van der Waals surface area contributed by atoms with Gasteiger partial charge in [0, 0.05) is 26.2 Å². The number of ether oxygens (including phenoxy) is 1. The van der Waals surface area contributed by atoms with Crippen LogP contribution >= 0.6 is 0 Å². The minimum Gasteiger partial charge on any atom is -0.460 e. The Hall–Kier alpha value is -3.57. The molecule has 8 heteroatoms. The van der Waals surface area contributed by atoms with Gasteiger partial charge < -0.3 is 15.0 Å². The van der Waals surface area contributed by atoms with E-state index in [-0.39, 0.29) is 12.4 Å². The standard InChI is InChI=1S/C22H20FN5O2/c23-16-7-5-15(6-8-16)14-30-22(29)17(13-24)20-21(28-11-9-25-10-12-28)27-19-4-2-1-3-18(19)26-20/h1-8,17,25H,9-12,14H2. The summed E-state index contributed by atoms with van der Waals surface area (Å²) in [5.74, 6) is -1.76. The van der Waals surface area contributed by atoms with E-state index in [1.165, 1.54) is 24.3 Å². The molecule has 0 bridgehead atoms. The van der Waals surface area contributed by atoms with Gasteiger partial charge in [-0.15, -0.1) is 0 Å². The van der Waals surface area contributed by atoms with Crippen LogP contribution in [0.5, 0.6) is 0 Å². The van der Waals surface area contributed by atoms with E-state index in [0.29, 0.717) is 41.2 Å². The van der Waals surface area contributed by atoms with Crippen molar-refractivity contribution in [2.45, 2.75) is 12.5 Å². The van der Waals surface area contributed by atoms with Crippen LogP contribution in [-0.4, -0.2) is 42.1 Å². The van der Waals surface area contributed by atoms with E-state index >= 15 is 0 Å². The molecule has 1 saturated heterocycles. The van der Waals surface area contributed by atoms with E-state index < -0.39 is 11.9 Å². The fourth-order valence-electron chi connectivity index (χ4n) is 3.35. The molecular weight excluding hydrogens is 385 g/mol. The molecule has 4 rings (SSSR count). The lowest BCUT2D eigenvalue weighted by atomic mass is 10.1. The number of nitriles is 1. The summed E-state index contributed by atoms with van der Waals surface area (Å²) < 4.78 is 18.4. The molecule has 7 nitrogen and oxygen atoms in total. The second-order valence-corrected chi connectivity index (χ2v) is 6.95. The summed E-state index contributed by atoms with van der Waals surface area (Å²) >= 11 is 0. The van der Waals surface area contributed by atoms with Gasteiger partial charge in [0.2, 0.25) is 0 Å². The van der Waals surface area contributed by atoms with Crippen LogP contribution in [0.15, 0.2) is 48.5 Å². The highest BCUT2D eigenvalue weighted by Crippen LogP contribution is 2.28. The topological polar surface area (TPSA) is 91.1 Å². The Kier molecular flexibility index (Phi) is 5.82. The first-order chi connectivity index (χ1) is 14.7. The van der Waals surface area contributed by atoms with E-state index in [0.717, 1.165) is 13.1 Å². The lowest BCUT2D eigenvalue weighted by molar-refractivity contribution is -0.145. The molecule has 152 valence electrons. The molecule has 2 heterocycles. The number of piperazine rings is 1. The van der Waals surface area contributed by atoms with Gasteiger partial charge in [0.25, 0.3) is 0 Å². The quantitative estimate of drug-likeness (QED) is 0.652. The van der Waals surface area contributed by atoms with Crippen molar-refractivity contribution in [3.05, 3.63) is 65.6 Å². The average Bonchev–Trinajstić information content (AvgIpc) is 2.79. The van der Waals surface area contributed by atoms with Gasteiger partial charge in [-0.25, -0.2) is 14.4 Å². The molecule has 0 spiro atoms. The smallest absolute Gasteiger partial charge is 0.330 e. The van der Waals surface area contributed by atoms with Gasteiger partial charge in [0.05, 0.1) is 17.1 Å². The molecule has 30 heavy (non-hydrogen) atoms. The summed E-state index contributed by atoms with van der Waals surface area (Å²) in [7, 11) is 0. The van der Waals surface area contributed by atoms with Crippen molar-refractivity contribution < 1.29 is 13.9 Å². The highest BCUT2D eigenvalue weighted by Gasteiger charge is 2.30. The molecule has 0 aliphatic carbocycles.